The molecular formula is C9H24N2Si. The Morgan fingerprint density at radius 3 is 1.58 bits per heavy atom. The number of nitrogens with zero attached hydrogens (tertiary/aromatic N) is 2. The van der Waals surface area contributed by atoms with Crippen molar-refractivity contribution in [1.82, 2.24) is 10.0 Å². The minimum atomic E-state index is 1.10. The fourth-order valence-electron chi connectivity index (χ4n) is 0.906. The van der Waals surface area contributed by atoms with Gasteiger partial charge in [0.25, 0.3) is 0 Å². The molecule has 0 radical (unpaired) electrons. The van der Waals surface area contributed by atoms with Crippen LogP contribution < -0.4 is 0 Å². The number of hydrogen-bond acceptors (Lipinski definition) is 2. The van der Waals surface area contributed by atoms with Crippen LogP contribution in [0.5, 0.6) is 0 Å². The second kappa shape index (κ2) is 10.9. The Hall–Kier alpha value is -0.123. The molecule has 0 saturated carbocycles. The molecule has 0 saturated heterocycles. The summed E-state index contributed by atoms with van der Waals surface area (Å²) in [6, 6.07) is 0. The summed E-state index contributed by atoms with van der Waals surface area (Å²) < 4.78 is 0. The lowest BCUT2D eigenvalue weighted by Crippen LogP contribution is -2.39. The Morgan fingerprint density at radius 2 is 1.50 bits per heavy atom. The van der Waals surface area contributed by atoms with E-state index in [9.17, 15) is 0 Å². The predicted molar refractivity (Wildman–Crippen MR) is 61.4 cm³/mol. The van der Waals surface area contributed by atoms with E-state index in [1.165, 1.54) is 0 Å². The Morgan fingerprint density at radius 1 is 1.17 bits per heavy atom. The van der Waals surface area contributed by atoms with E-state index >= 15 is 0 Å². The van der Waals surface area contributed by atoms with E-state index < -0.39 is 0 Å². The van der Waals surface area contributed by atoms with Gasteiger partial charge in [0.2, 0.25) is 0 Å². The van der Waals surface area contributed by atoms with Crippen molar-refractivity contribution in [2.45, 2.75) is 20.8 Å². The van der Waals surface area contributed by atoms with Crippen molar-refractivity contribution < 1.29 is 0 Å². The van der Waals surface area contributed by atoms with E-state index in [-0.39, 0.29) is 0 Å². The zero-order valence-corrected chi connectivity index (χ0v) is 11.3. The van der Waals surface area contributed by atoms with Gasteiger partial charge in [0.15, 0.2) is 0 Å². The summed E-state index contributed by atoms with van der Waals surface area (Å²) in [6.07, 6.45) is 0. The SMILES string of the molecule is C=C[SiH3].CCN(C)N(CC)CC. The van der Waals surface area contributed by atoms with Gasteiger partial charge < -0.3 is 0 Å². The molecule has 12 heavy (non-hydrogen) atoms. The van der Waals surface area contributed by atoms with Gasteiger partial charge in [-0.2, -0.15) is 0 Å². The molecule has 0 aliphatic heterocycles. The predicted octanol–water partition coefficient (Wildman–Crippen LogP) is 0.690. The zero-order chi connectivity index (χ0) is 9.98. The number of hydrogen-bond donors (Lipinski definition) is 0. The standard InChI is InChI=1S/C7H18N2.C2H6Si/c1-5-8(4)9(6-2)7-3;1-2-3/h5-7H2,1-4H3;2H,1H2,3H3. The molecule has 0 unspecified atom stereocenters. The Balaban J connectivity index is 0. The third-order valence-corrected chi connectivity index (χ3v) is 1.67. The molecule has 0 rings (SSSR count). The van der Waals surface area contributed by atoms with Gasteiger partial charge in [-0.15, -0.1) is 12.3 Å². The Labute approximate surface area is 80.6 Å². The van der Waals surface area contributed by atoms with Gasteiger partial charge in [-0.1, -0.05) is 20.8 Å². The van der Waals surface area contributed by atoms with Crippen molar-refractivity contribution in [3.8, 4) is 0 Å². The van der Waals surface area contributed by atoms with Gasteiger partial charge in [-0.05, 0) is 0 Å². The Bertz CT molecular complexity index is 92.5. The number of rotatable bonds is 4. The van der Waals surface area contributed by atoms with Crippen LogP contribution in [0.2, 0.25) is 0 Å². The second-order valence-electron chi connectivity index (χ2n) is 2.52. The highest BCUT2D eigenvalue weighted by molar-refractivity contribution is 6.16. The summed E-state index contributed by atoms with van der Waals surface area (Å²) in [5, 5.41) is 4.54. The summed E-state index contributed by atoms with van der Waals surface area (Å²) in [5.74, 6) is 0. The van der Waals surface area contributed by atoms with Crippen LogP contribution in [-0.2, 0) is 0 Å². The maximum absolute atomic E-state index is 3.42. The molecule has 0 heterocycles. The molecule has 0 fully saturated rings. The topological polar surface area (TPSA) is 6.48 Å². The first-order valence-corrected chi connectivity index (χ1v) is 5.86. The van der Waals surface area contributed by atoms with E-state index in [4.69, 9.17) is 0 Å². The molecule has 0 spiro atoms. The van der Waals surface area contributed by atoms with Crippen LogP contribution in [0.4, 0.5) is 0 Å². The summed E-state index contributed by atoms with van der Waals surface area (Å²) in [5.41, 5.74) is 1.89. The quantitative estimate of drug-likeness (QED) is 0.473. The van der Waals surface area contributed by atoms with Gasteiger partial charge >= 0.3 is 0 Å². The Kier molecular flexibility index (Phi) is 13.1. The molecule has 0 aliphatic rings. The minimum absolute atomic E-state index is 1.10. The molecule has 74 valence electrons. The van der Waals surface area contributed by atoms with Gasteiger partial charge in [0, 0.05) is 36.9 Å². The smallest absolute Gasteiger partial charge is 0.0283 e. The van der Waals surface area contributed by atoms with E-state index in [0.717, 1.165) is 29.9 Å². The van der Waals surface area contributed by atoms with Crippen LogP contribution in [0.1, 0.15) is 20.8 Å². The maximum atomic E-state index is 3.42. The molecule has 0 aromatic rings. The molecule has 0 N–H and O–H groups in total. The third-order valence-electron chi connectivity index (χ3n) is 1.67. The molecule has 0 atom stereocenters. The summed E-state index contributed by atoms with van der Waals surface area (Å²) in [6.45, 7) is 13.3. The van der Waals surface area contributed by atoms with Crippen molar-refractivity contribution in [2.24, 2.45) is 0 Å². The van der Waals surface area contributed by atoms with Crippen LogP contribution in [0, 0.1) is 0 Å². The van der Waals surface area contributed by atoms with Gasteiger partial charge in [0.1, 0.15) is 0 Å². The van der Waals surface area contributed by atoms with Crippen molar-refractivity contribution in [3.05, 3.63) is 12.3 Å². The summed E-state index contributed by atoms with van der Waals surface area (Å²) >= 11 is 0. The second-order valence-corrected chi connectivity index (χ2v) is 3.34. The van der Waals surface area contributed by atoms with Gasteiger partial charge in [-0.25, -0.2) is 10.0 Å². The molecule has 0 aromatic carbocycles. The van der Waals surface area contributed by atoms with Gasteiger partial charge in [0.05, 0.1) is 0 Å². The van der Waals surface area contributed by atoms with Gasteiger partial charge in [-0.3, -0.25) is 0 Å². The first-order valence-electron chi connectivity index (χ1n) is 4.70. The van der Waals surface area contributed by atoms with Crippen LogP contribution in [0.25, 0.3) is 0 Å². The first kappa shape index (κ1) is 14.4. The lowest BCUT2D eigenvalue weighted by molar-refractivity contribution is 0.0152. The van der Waals surface area contributed by atoms with Crippen molar-refractivity contribution in [3.63, 3.8) is 0 Å². The van der Waals surface area contributed by atoms with Crippen molar-refractivity contribution in [1.29, 1.82) is 0 Å². The first-order chi connectivity index (χ1) is 5.67. The van der Waals surface area contributed by atoms with Crippen molar-refractivity contribution in [2.75, 3.05) is 26.7 Å². The minimum Gasteiger partial charge on any atom is -0.245 e. The van der Waals surface area contributed by atoms with Crippen LogP contribution in [-0.4, -0.2) is 46.9 Å². The third kappa shape index (κ3) is 7.98. The number of hydrazine groups is 1. The zero-order valence-electron chi connectivity index (χ0n) is 9.30. The van der Waals surface area contributed by atoms with E-state index in [1.807, 2.05) is 5.70 Å². The van der Waals surface area contributed by atoms with Crippen LogP contribution in [0.3, 0.4) is 0 Å². The van der Waals surface area contributed by atoms with Crippen LogP contribution in [0.15, 0.2) is 12.3 Å². The monoisotopic (exact) mass is 188 g/mol. The summed E-state index contributed by atoms with van der Waals surface area (Å²) in [4.78, 5) is 0. The molecule has 0 aromatic heterocycles. The highest BCUT2D eigenvalue weighted by Crippen LogP contribution is 1.91. The van der Waals surface area contributed by atoms with E-state index in [1.54, 1.807) is 0 Å². The molecule has 3 heteroatoms. The molecule has 2 nitrogen and oxygen atoms in total. The average molecular weight is 188 g/mol. The lowest BCUT2D eigenvalue weighted by atomic mass is 10.6. The van der Waals surface area contributed by atoms with Crippen LogP contribution >= 0.6 is 0 Å². The van der Waals surface area contributed by atoms with Crippen molar-refractivity contribution >= 4 is 10.2 Å². The average Bonchev–Trinajstić information content (AvgIpc) is 2.08. The molecule has 0 bridgehead atoms. The maximum Gasteiger partial charge on any atom is 0.0283 e. The highest BCUT2D eigenvalue weighted by atomic mass is 28.1. The lowest BCUT2D eigenvalue weighted by Gasteiger charge is -2.28. The van der Waals surface area contributed by atoms with E-state index in [2.05, 4.69) is 44.4 Å². The highest BCUT2D eigenvalue weighted by Gasteiger charge is 2.01. The molecular weight excluding hydrogens is 164 g/mol. The normalized spacial score (nSPS) is 9.83. The van der Waals surface area contributed by atoms with E-state index in [0.29, 0.717) is 0 Å². The molecule has 0 aliphatic carbocycles. The fourth-order valence-corrected chi connectivity index (χ4v) is 0.906. The summed E-state index contributed by atoms with van der Waals surface area (Å²) in [7, 11) is 3.25. The largest absolute Gasteiger partial charge is 0.245 e. The fraction of sp³-hybridized carbons (Fsp3) is 0.778. The molecule has 0 amide bonds.